The fraction of sp³-hybridized carbons (Fsp3) is 0.143. The van der Waals surface area contributed by atoms with Crippen molar-refractivity contribution < 1.29 is 4.39 Å². The van der Waals surface area contributed by atoms with E-state index < -0.39 is 5.82 Å². The molecule has 0 aliphatic rings. The second kappa shape index (κ2) is 5.77. The van der Waals surface area contributed by atoms with Crippen LogP contribution in [0.5, 0.6) is 0 Å². The standard InChI is InChI=1S/C14H13ClFN5/c15-11-2-1-9(5-12(11)16)6-13(20-17)10-7-19-21-4-3-18-8-14(10)21/h1-5,7-8,13,20H,6,17H2. The van der Waals surface area contributed by atoms with E-state index in [1.807, 2.05) is 0 Å². The molecule has 0 aliphatic heterocycles. The molecule has 0 aliphatic carbocycles. The Bertz CT molecular complexity index is 773. The average Bonchev–Trinajstić information content (AvgIpc) is 2.92. The summed E-state index contributed by atoms with van der Waals surface area (Å²) in [5.41, 5.74) is 5.30. The molecule has 3 N–H and O–H groups in total. The van der Waals surface area contributed by atoms with Gasteiger partial charge in [-0.3, -0.25) is 16.3 Å². The van der Waals surface area contributed by atoms with Gasteiger partial charge in [0.25, 0.3) is 0 Å². The van der Waals surface area contributed by atoms with E-state index in [0.29, 0.717) is 6.42 Å². The SMILES string of the molecule is NNC(Cc1ccc(Cl)c(F)c1)c1cnn2ccncc12. The molecular formula is C14H13ClFN5. The van der Waals surface area contributed by atoms with Gasteiger partial charge in [-0.2, -0.15) is 5.10 Å². The lowest BCUT2D eigenvalue weighted by Gasteiger charge is -2.15. The Hall–Kier alpha value is -2.02. The summed E-state index contributed by atoms with van der Waals surface area (Å²) in [5.74, 6) is 5.21. The molecule has 3 rings (SSSR count). The number of nitrogens with two attached hydrogens (primary N) is 1. The molecule has 7 heteroatoms. The van der Waals surface area contributed by atoms with Crippen LogP contribution >= 0.6 is 11.6 Å². The van der Waals surface area contributed by atoms with Gasteiger partial charge in [-0.1, -0.05) is 17.7 Å². The molecular weight excluding hydrogens is 293 g/mol. The zero-order valence-corrected chi connectivity index (χ0v) is 11.8. The van der Waals surface area contributed by atoms with Crippen molar-refractivity contribution in [1.29, 1.82) is 0 Å². The first-order valence-corrected chi connectivity index (χ1v) is 6.74. The maximum absolute atomic E-state index is 13.5. The van der Waals surface area contributed by atoms with Gasteiger partial charge in [0.1, 0.15) is 5.82 Å². The van der Waals surface area contributed by atoms with Gasteiger partial charge in [0.15, 0.2) is 0 Å². The molecule has 0 saturated carbocycles. The van der Waals surface area contributed by atoms with Gasteiger partial charge in [0.05, 0.1) is 29.0 Å². The number of nitrogens with one attached hydrogen (secondary N) is 1. The van der Waals surface area contributed by atoms with Crippen molar-refractivity contribution in [3.8, 4) is 0 Å². The summed E-state index contributed by atoms with van der Waals surface area (Å²) in [5, 5.41) is 4.35. The Morgan fingerprint density at radius 1 is 1.38 bits per heavy atom. The first kappa shape index (κ1) is 13.9. The summed E-state index contributed by atoms with van der Waals surface area (Å²) >= 11 is 5.69. The number of hydrogen-bond acceptors (Lipinski definition) is 4. The van der Waals surface area contributed by atoms with Crippen LogP contribution in [0.3, 0.4) is 0 Å². The number of halogens is 2. The molecule has 1 aromatic carbocycles. The van der Waals surface area contributed by atoms with Crippen LogP contribution in [-0.2, 0) is 6.42 Å². The summed E-state index contributed by atoms with van der Waals surface area (Å²) in [6.07, 6.45) is 7.38. The van der Waals surface area contributed by atoms with Crippen LogP contribution in [0.1, 0.15) is 17.2 Å². The molecule has 0 fully saturated rings. The van der Waals surface area contributed by atoms with Crippen molar-refractivity contribution in [1.82, 2.24) is 20.0 Å². The van der Waals surface area contributed by atoms with Gasteiger partial charge in [-0.25, -0.2) is 8.91 Å². The van der Waals surface area contributed by atoms with Crippen LogP contribution in [0.2, 0.25) is 5.02 Å². The minimum atomic E-state index is -0.438. The molecule has 3 aromatic rings. The van der Waals surface area contributed by atoms with E-state index in [4.69, 9.17) is 17.4 Å². The topological polar surface area (TPSA) is 68.2 Å². The minimum Gasteiger partial charge on any atom is -0.271 e. The third kappa shape index (κ3) is 2.73. The minimum absolute atomic E-state index is 0.108. The van der Waals surface area contributed by atoms with Crippen LogP contribution in [0.15, 0.2) is 43.0 Å². The fourth-order valence-corrected chi connectivity index (χ4v) is 2.40. The quantitative estimate of drug-likeness (QED) is 0.573. The van der Waals surface area contributed by atoms with E-state index in [1.165, 1.54) is 12.1 Å². The maximum Gasteiger partial charge on any atom is 0.142 e. The highest BCUT2D eigenvalue weighted by Crippen LogP contribution is 2.23. The van der Waals surface area contributed by atoms with Gasteiger partial charge in [-0.15, -0.1) is 0 Å². The predicted molar refractivity (Wildman–Crippen MR) is 78.2 cm³/mol. The normalized spacial score (nSPS) is 12.7. The molecule has 2 aromatic heterocycles. The predicted octanol–water partition coefficient (Wildman–Crippen LogP) is 2.27. The van der Waals surface area contributed by atoms with Crippen molar-refractivity contribution in [2.24, 2.45) is 5.84 Å². The molecule has 0 radical (unpaired) electrons. The monoisotopic (exact) mass is 305 g/mol. The van der Waals surface area contributed by atoms with Crippen LogP contribution in [0.25, 0.3) is 5.52 Å². The largest absolute Gasteiger partial charge is 0.271 e. The van der Waals surface area contributed by atoms with Crippen LogP contribution in [0, 0.1) is 5.82 Å². The highest BCUT2D eigenvalue weighted by molar-refractivity contribution is 6.30. The highest BCUT2D eigenvalue weighted by atomic mass is 35.5. The number of hydrazine groups is 1. The highest BCUT2D eigenvalue weighted by Gasteiger charge is 2.16. The van der Waals surface area contributed by atoms with Crippen molar-refractivity contribution in [2.75, 3.05) is 0 Å². The number of fused-ring (bicyclic) bond motifs is 1. The van der Waals surface area contributed by atoms with E-state index in [0.717, 1.165) is 16.6 Å². The molecule has 21 heavy (non-hydrogen) atoms. The molecule has 2 heterocycles. The molecule has 0 saturated heterocycles. The maximum atomic E-state index is 13.5. The van der Waals surface area contributed by atoms with E-state index in [9.17, 15) is 4.39 Å². The molecule has 1 unspecified atom stereocenters. The summed E-state index contributed by atoms with van der Waals surface area (Å²) < 4.78 is 15.2. The summed E-state index contributed by atoms with van der Waals surface area (Å²) in [4.78, 5) is 4.09. The van der Waals surface area contributed by atoms with Crippen molar-refractivity contribution >= 4 is 17.1 Å². The summed E-state index contributed by atoms with van der Waals surface area (Å²) in [6.45, 7) is 0. The number of benzene rings is 1. The zero-order chi connectivity index (χ0) is 14.8. The lowest BCUT2D eigenvalue weighted by molar-refractivity contribution is 0.551. The molecule has 108 valence electrons. The zero-order valence-electron chi connectivity index (χ0n) is 11.0. The van der Waals surface area contributed by atoms with E-state index >= 15 is 0 Å². The smallest absolute Gasteiger partial charge is 0.142 e. The second-order valence-electron chi connectivity index (χ2n) is 4.68. The average molecular weight is 306 g/mol. The summed E-state index contributed by atoms with van der Waals surface area (Å²) in [6, 6.07) is 4.53. The fourth-order valence-electron chi connectivity index (χ4n) is 2.28. The number of nitrogens with zero attached hydrogens (tertiary/aromatic N) is 3. The Balaban J connectivity index is 1.93. The lowest BCUT2D eigenvalue weighted by atomic mass is 10.0. The van der Waals surface area contributed by atoms with Gasteiger partial charge < -0.3 is 0 Å². The lowest BCUT2D eigenvalue weighted by Crippen LogP contribution is -2.29. The molecule has 0 bridgehead atoms. The molecule has 0 spiro atoms. The Morgan fingerprint density at radius 3 is 3.00 bits per heavy atom. The summed E-state index contributed by atoms with van der Waals surface area (Å²) in [7, 11) is 0. The van der Waals surface area contributed by atoms with Gasteiger partial charge in [0, 0.05) is 18.0 Å². The first-order valence-electron chi connectivity index (χ1n) is 6.36. The van der Waals surface area contributed by atoms with Crippen molar-refractivity contribution in [3.63, 3.8) is 0 Å². The van der Waals surface area contributed by atoms with Gasteiger partial charge >= 0.3 is 0 Å². The third-order valence-electron chi connectivity index (χ3n) is 3.36. The van der Waals surface area contributed by atoms with Crippen molar-refractivity contribution in [2.45, 2.75) is 12.5 Å². The van der Waals surface area contributed by atoms with Crippen LogP contribution < -0.4 is 11.3 Å². The Kier molecular flexibility index (Phi) is 3.83. The van der Waals surface area contributed by atoms with E-state index in [1.54, 1.807) is 35.4 Å². The van der Waals surface area contributed by atoms with Crippen molar-refractivity contribution in [3.05, 3.63) is 65.0 Å². The Labute approximate surface area is 125 Å². The van der Waals surface area contributed by atoms with Crippen LogP contribution in [-0.4, -0.2) is 14.6 Å². The number of aromatic nitrogens is 3. The van der Waals surface area contributed by atoms with Gasteiger partial charge in [-0.05, 0) is 24.1 Å². The van der Waals surface area contributed by atoms with Crippen LogP contribution in [0.4, 0.5) is 4.39 Å². The second-order valence-corrected chi connectivity index (χ2v) is 5.09. The Morgan fingerprint density at radius 2 is 2.24 bits per heavy atom. The van der Waals surface area contributed by atoms with E-state index in [2.05, 4.69) is 15.5 Å². The number of hydrogen-bond donors (Lipinski definition) is 2. The number of rotatable bonds is 4. The molecule has 1 atom stereocenters. The molecule has 0 amide bonds. The molecule has 5 nitrogen and oxygen atoms in total. The van der Waals surface area contributed by atoms with Gasteiger partial charge in [0.2, 0.25) is 0 Å². The van der Waals surface area contributed by atoms with E-state index in [-0.39, 0.29) is 11.1 Å². The first-order chi connectivity index (χ1) is 10.2. The third-order valence-corrected chi connectivity index (χ3v) is 3.66.